The van der Waals surface area contributed by atoms with Gasteiger partial charge in [0, 0.05) is 27.5 Å². The van der Waals surface area contributed by atoms with E-state index in [4.69, 9.17) is 15.0 Å². The minimum atomic E-state index is -0.271. The van der Waals surface area contributed by atoms with Gasteiger partial charge in [0.25, 0.3) is 0 Å². The molecular weight excluding hydrogens is 640 g/mol. The van der Waals surface area contributed by atoms with Gasteiger partial charge in [-0.2, -0.15) is 0 Å². The van der Waals surface area contributed by atoms with E-state index >= 15 is 0 Å². The number of benzene rings is 6. The van der Waals surface area contributed by atoms with Gasteiger partial charge in [0.05, 0.1) is 16.7 Å². The summed E-state index contributed by atoms with van der Waals surface area (Å²) in [5.41, 5.74) is 10.2. The van der Waals surface area contributed by atoms with E-state index in [0.717, 1.165) is 44.5 Å². The molecule has 0 amide bonds. The quantitative estimate of drug-likeness (QED) is 0.182. The number of halogens is 1. The highest BCUT2D eigenvalue weighted by Crippen LogP contribution is 2.41. The van der Waals surface area contributed by atoms with Crippen molar-refractivity contribution >= 4 is 21.8 Å². The molecule has 6 aromatic carbocycles. The zero-order chi connectivity index (χ0) is 36.2. The van der Waals surface area contributed by atoms with Gasteiger partial charge in [-0.3, -0.25) is 0 Å². The molecule has 52 heavy (non-hydrogen) atoms. The van der Waals surface area contributed by atoms with Crippen LogP contribution in [0.25, 0.3) is 72.8 Å². The van der Waals surface area contributed by atoms with Crippen molar-refractivity contribution in [1.82, 2.24) is 19.5 Å². The van der Waals surface area contributed by atoms with Crippen LogP contribution in [0.2, 0.25) is 0 Å². The van der Waals surface area contributed by atoms with Crippen molar-refractivity contribution in [2.24, 2.45) is 0 Å². The van der Waals surface area contributed by atoms with E-state index in [1.807, 2.05) is 72.8 Å². The number of rotatable bonds is 5. The first-order valence-corrected chi connectivity index (χ1v) is 17.8. The maximum atomic E-state index is 14.1. The van der Waals surface area contributed by atoms with Crippen LogP contribution in [0, 0.1) is 5.82 Å². The molecule has 2 aromatic heterocycles. The van der Waals surface area contributed by atoms with Gasteiger partial charge >= 0.3 is 0 Å². The Morgan fingerprint density at radius 3 is 1.38 bits per heavy atom. The van der Waals surface area contributed by atoms with Crippen molar-refractivity contribution in [3.05, 3.63) is 156 Å². The molecule has 0 N–H and O–H groups in total. The van der Waals surface area contributed by atoms with Crippen LogP contribution in [0.4, 0.5) is 4.39 Å². The largest absolute Gasteiger partial charge is 0.309 e. The van der Waals surface area contributed by atoms with E-state index in [1.54, 1.807) is 0 Å². The molecule has 4 nitrogen and oxygen atoms in total. The maximum Gasteiger partial charge on any atom is 0.166 e. The van der Waals surface area contributed by atoms with Crippen LogP contribution in [0.1, 0.15) is 52.7 Å². The molecule has 0 fully saturated rings. The van der Waals surface area contributed by atoms with E-state index in [2.05, 4.69) is 101 Å². The molecule has 0 aliphatic rings. The molecule has 0 aliphatic carbocycles. The second-order valence-electron chi connectivity index (χ2n) is 15.6. The minimum absolute atomic E-state index is 0.0151. The SMILES string of the molecule is CC(C)(C)c1ccc2c(c1)c1cc(C(C)(C)C)ccc1n2-c1ccc(-c2ccc(F)cc2)cc1-c1nc(-c2ccccc2)nc(-c2ccccc2)n1. The zero-order valence-corrected chi connectivity index (χ0v) is 30.4. The summed E-state index contributed by atoms with van der Waals surface area (Å²) in [6.45, 7) is 13.6. The molecule has 0 bridgehead atoms. The molecule has 0 aliphatic heterocycles. The van der Waals surface area contributed by atoms with Crippen LogP contribution in [0.5, 0.6) is 0 Å². The number of hydrogen-bond acceptors (Lipinski definition) is 3. The Hall–Kier alpha value is -5.94. The lowest BCUT2D eigenvalue weighted by Crippen LogP contribution is -2.10. The second-order valence-corrected chi connectivity index (χ2v) is 15.6. The van der Waals surface area contributed by atoms with Crippen LogP contribution in [0.3, 0.4) is 0 Å². The van der Waals surface area contributed by atoms with Crippen LogP contribution in [-0.2, 0) is 10.8 Å². The normalized spacial score (nSPS) is 12.1. The van der Waals surface area contributed by atoms with Gasteiger partial charge in [-0.25, -0.2) is 19.3 Å². The molecule has 8 aromatic rings. The number of fused-ring (bicyclic) bond motifs is 3. The van der Waals surface area contributed by atoms with E-state index in [9.17, 15) is 4.39 Å². The molecule has 8 rings (SSSR count). The summed E-state index contributed by atoms with van der Waals surface area (Å²) in [6.07, 6.45) is 0. The van der Waals surface area contributed by atoms with Gasteiger partial charge in [-0.05, 0) is 81.6 Å². The van der Waals surface area contributed by atoms with Gasteiger partial charge in [0.1, 0.15) is 5.82 Å². The molecular formula is C47H41FN4. The van der Waals surface area contributed by atoms with Gasteiger partial charge in [-0.1, -0.05) is 133 Å². The summed E-state index contributed by atoms with van der Waals surface area (Å²) in [5.74, 6) is 1.47. The Labute approximate surface area is 304 Å². The molecule has 0 unspecified atom stereocenters. The van der Waals surface area contributed by atoms with Gasteiger partial charge in [0.2, 0.25) is 0 Å². The average molecular weight is 681 g/mol. The van der Waals surface area contributed by atoms with Crippen molar-refractivity contribution < 1.29 is 4.39 Å². The Kier molecular flexibility index (Phi) is 8.10. The van der Waals surface area contributed by atoms with Gasteiger partial charge < -0.3 is 4.57 Å². The lowest BCUT2D eigenvalue weighted by molar-refractivity contribution is 0.590. The molecule has 0 spiro atoms. The summed E-state index contributed by atoms with van der Waals surface area (Å²) in [5, 5.41) is 2.40. The van der Waals surface area contributed by atoms with E-state index in [1.165, 1.54) is 34.0 Å². The van der Waals surface area contributed by atoms with Crippen LogP contribution >= 0.6 is 0 Å². The standard InChI is InChI=1S/C47H41FN4/c1-46(2,3)34-20-25-40-37(28-34)38-29-35(47(4,5)6)21-26-41(38)52(40)42-24-19-33(30-17-22-36(48)23-18-30)27-39(42)45-50-43(31-13-9-7-10-14-31)49-44(51-45)32-15-11-8-12-16-32/h7-29H,1-6H3. The molecule has 256 valence electrons. The van der Waals surface area contributed by atoms with E-state index in [0.29, 0.717) is 17.5 Å². The van der Waals surface area contributed by atoms with Crippen molar-refractivity contribution in [3.63, 3.8) is 0 Å². The summed E-state index contributed by atoms with van der Waals surface area (Å²) in [6, 6.07) is 46.8. The summed E-state index contributed by atoms with van der Waals surface area (Å²) >= 11 is 0. The van der Waals surface area contributed by atoms with Crippen LogP contribution < -0.4 is 0 Å². The highest BCUT2D eigenvalue weighted by molar-refractivity contribution is 6.10. The Bertz CT molecular complexity index is 2440. The minimum Gasteiger partial charge on any atom is -0.309 e. The maximum absolute atomic E-state index is 14.1. The Morgan fingerprint density at radius 1 is 0.442 bits per heavy atom. The smallest absolute Gasteiger partial charge is 0.166 e. The third kappa shape index (κ3) is 6.17. The predicted octanol–water partition coefficient (Wildman–Crippen LogP) is 12.4. The van der Waals surface area contributed by atoms with E-state index in [-0.39, 0.29) is 16.6 Å². The zero-order valence-electron chi connectivity index (χ0n) is 30.4. The van der Waals surface area contributed by atoms with Crippen molar-refractivity contribution in [1.29, 1.82) is 0 Å². The first-order valence-electron chi connectivity index (χ1n) is 17.8. The Morgan fingerprint density at radius 2 is 0.904 bits per heavy atom. The molecule has 0 radical (unpaired) electrons. The summed E-state index contributed by atoms with van der Waals surface area (Å²) < 4.78 is 16.4. The number of aromatic nitrogens is 4. The predicted molar refractivity (Wildman–Crippen MR) is 213 cm³/mol. The second kappa shape index (κ2) is 12.7. The number of nitrogens with zero attached hydrogens (tertiary/aromatic N) is 4. The first-order chi connectivity index (χ1) is 24.9. The average Bonchev–Trinajstić information content (AvgIpc) is 3.48. The molecule has 0 saturated carbocycles. The fourth-order valence-electron chi connectivity index (χ4n) is 6.88. The monoisotopic (exact) mass is 680 g/mol. The molecule has 0 atom stereocenters. The topological polar surface area (TPSA) is 43.6 Å². The third-order valence-corrected chi connectivity index (χ3v) is 9.85. The van der Waals surface area contributed by atoms with Crippen LogP contribution in [-0.4, -0.2) is 19.5 Å². The van der Waals surface area contributed by atoms with Crippen molar-refractivity contribution in [3.8, 4) is 51.0 Å². The molecule has 5 heteroatoms. The molecule has 2 heterocycles. The highest BCUT2D eigenvalue weighted by atomic mass is 19.1. The highest BCUT2D eigenvalue weighted by Gasteiger charge is 2.24. The lowest BCUT2D eigenvalue weighted by Gasteiger charge is -2.19. The number of hydrogen-bond donors (Lipinski definition) is 0. The van der Waals surface area contributed by atoms with E-state index < -0.39 is 0 Å². The summed E-state index contributed by atoms with van der Waals surface area (Å²) in [4.78, 5) is 15.3. The van der Waals surface area contributed by atoms with Crippen LogP contribution in [0.15, 0.2) is 140 Å². The Balaban J connectivity index is 1.46. The fourth-order valence-corrected chi connectivity index (χ4v) is 6.88. The lowest BCUT2D eigenvalue weighted by atomic mass is 9.85. The first kappa shape index (κ1) is 33.2. The summed E-state index contributed by atoms with van der Waals surface area (Å²) in [7, 11) is 0. The third-order valence-electron chi connectivity index (χ3n) is 9.85. The van der Waals surface area contributed by atoms with Crippen molar-refractivity contribution in [2.45, 2.75) is 52.4 Å². The van der Waals surface area contributed by atoms with Gasteiger partial charge in [-0.15, -0.1) is 0 Å². The van der Waals surface area contributed by atoms with Crippen molar-refractivity contribution in [2.75, 3.05) is 0 Å². The molecule has 0 saturated heterocycles. The fraction of sp³-hybridized carbons (Fsp3) is 0.170. The van der Waals surface area contributed by atoms with Gasteiger partial charge in [0.15, 0.2) is 17.5 Å².